The van der Waals surface area contributed by atoms with Gasteiger partial charge in [-0.25, -0.2) is 0 Å². The van der Waals surface area contributed by atoms with Crippen molar-refractivity contribution < 1.29 is 4.79 Å². The molecule has 0 N–H and O–H groups in total. The molecule has 1 aromatic carbocycles. The summed E-state index contributed by atoms with van der Waals surface area (Å²) in [4.78, 5) is 12.8. The van der Waals surface area contributed by atoms with Crippen LogP contribution in [0.2, 0.25) is 0 Å². The maximum absolute atomic E-state index is 12.8. The molecule has 0 aromatic heterocycles. The second-order valence-corrected chi connectivity index (χ2v) is 10.4. The molecular weight excluding hydrogens is 316 g/mol. The Balaban J connectivity index is 1.55. The first-order chi connectivity index (χ1) is 12.5. The van der Waals surface area contributed by atoms with Gasteiger partial charge in [0.2, 0.25) is 0 Å². The maximum Gasteiger partial charge on any atom is 0.139 e. The SMILES string of the molecule is CC(C)C1CC2(C)C(=O)CCC2C2CCc3cc(C4CCC4)ccc3C12. The summed E-state index contributed by atoms with van der Waals surface area (Å²) in [6, 6.07) is 7.53. The van der Waals surface area contributed by atoms with Crippen LogP contribution in [-0.4, -0.2) is 5.78 Å². The van der Waals surface area contributed by atoms with Crippen LogP contribution in [-0.2, 0) is 11.2 Å². The topological polar surface area (TPSA) is 17.1 Å². The first kappa shape index (κ1) is 17.0. The minimum Gasteiger partial charge on any atom is -0.299 e. The van der Waals surface area contributed by atoms with E-state index in [1.165, 1.54) is 32.1 Å². The van der Waals surface area contributed by atoms with Crippen LogP contribution in [0.15, 0.2) is 18.2 Å². The van der Waals surface area contributed by atoms with Gasteiger partial charge in [0, 0.05) is 11.8 Å². The molecular formula is C25H34O. The Kier molecular flexibility index (Phi) is 3.89. The van der Waals surface area contributed by atoms with E-state index in [0.29, 0.717) is 29.5 Å². The maximum atomic E-state index is 12.8. The molecule has 1 nitrogen and oxygen atoms in total. The molecule has 0 saturated heterocycles. The van der Waals surface area contributed by atoms with Crippen molar-refractivity contribution in [2.24, 2.45) is 29.1 Å². The molecule has 5 unspecified atom stereocenters. The van der Waals surface area contributed by atoms with Crippen molar-refractivity contribution in [1.82, 2.24) is 0 Å². The highest BCUT2D eigenvalue weighted by Crippen LogP contribution is 2.62. The highest BCUT2D eigenvalue weighted by molar-refractivity contribution is 5.87. The van der Waals surface area contributed by atoms with Gasteiger partial charge in [-0.2, -0.15) is 0 Å². The zero-order valence-electron chi connectivity index (χ0n) is 16.8. The van der Waals surface area contributed by atoms with E-state index >= 15 is 0 Å². The lowest BCUT2D eigenvalue weighted by molar-refractivity contribution is -0.131. The lowest BCUT2D eigenvalue weighted by Crippen LogP contribution is -2.48. The molecule has 140 valence electrons. The van der Waals surface area contributed by atoms with E-state index in [-0.39, 0.29) is 5.41 Å². The first-order valence-electron chi connectivity index (χ1n) is 11.1. The number of hydrogen-bond acceptors (Lipinski definition) is 1. The number of rotatable bonds is 2. The Bertz CT molecular complexity index is 728. The van der Waals surface area contributed by atoms with E-state index in [4.69, 9.17) is 0 Å². The van der Waals surface area contributed by atoms with Crippen molar-refractivity contribution in [2.45, 2.75) is 84.0 Å². The van der Waals surface area contributed by atoms with Crippen LogP contribution in [0, 0.1) is 29.1 Å². The molecule has 3 saturated carbocycles. The van der Waals surface area contributed by atoms with Crippen molar-refractivity contribution in [3.05, 3.63) is 34.9 Å². The van der Waals surface area contributed by atoms with Crippen molar-refractivity contribution in [3.63, 3.8) is 0 Å². The quantitative estimate of drug-likeness (QED) is 0.615. The molecule has 0 bridgehead atoms. The second kappa shape index (κ2) is 5.94. The van der Waals surface area contributed by atoms with Crippen molar-refractivity contribution in [3.8, 4) is 0 Å². The molecule has 0 aliphatic heterocycles. The summed E-state index contributed by atoms with van der Waals surface area (Å²) in [5, 5.41) is 0. The lowest BCUT2D eigenvalue weighted by Gasteiger charge is -2.53. The third kappa shape index (κ3) is 2.31. The van der Waals surface area contributed by atoms with Gasteiger partial charge in [-0.3, -0.25) is 4.79 Å². The fourth-order valence-corrected chi connectivity index (χ4v) is 7.21. The predicted molar refractivity (Wildman–Crippen MR) is 106 cm³/mol. The van der Waals surface area contributed by atoms with Gasteiger partial charge in [0.1, 0.15) is 5.78 Å². The molecule has 26 heavy (non-hydrogen) atoms. The summed E-state index contributed by atoms with van der Waals surface area (Å²) < 4.78 is 0. The lowest BCUT2D eigenvalue weighted by atomic mass is 9.50. The molecule has 1 heteroatoms. The van der Waals surface area contributed by atoms with E-state index < -0.39 is 0 Å². The fraction of sp³-hybridized carbons (Fsp3) is 0.720. The zero-order chi connectivity index (χ0) is 18.1. The van der Waals surface area contributed by atoms with E-state index in [1.807, 2.05) is 0 Å². The molecule has 5 atom stereocenters. The summed E-state index contributed by atoms with van der Waals surface area (Å²) in [7, 11) is 0. The standard InChI is InChI=1S/C25H34O/c1-15(2)21-14-25(3)22(11-12-23(25)26)20-10-8-18-13-17(16-5-4-6-16)7-9-19(18)24(20)21/h7,9,13,15-16,20-22,24H,4-6,8,10-12,14H2,1-3H3. The third-order valence-electron chi connectivity index (χ3n) is 8.94. The summed E-state index contributed by atoms with van der Waals surface area (Å²) in [5.41, 5.74) is 4.88. The summed E-state index contributed by atoms with van der Waals surface area (Å²) in [6.45, 7) is 7.09. The van der Waals surface area contributed by atoms with Gasteiger partial charge in [0.05, 0.1) is 0 Å². The van der Waals surface area contributed by atoms with Gasteiger partial charge < -0.3 is 0 Å². The molecule has 0 radical (unpaired) electrons. The summed E-state index contributed by atoms with van der Waals surface area (Å²) in [6.07, 6.45) is 9.85. The van der Waals surface area contributed by atoms with Crippen LogP contribution in [0.3, 0.4) is 0 Å². The Morgan fingerprint density at radius 1 is 1.08 bits per heavy atom. The van der Waals surface area contributed by atoms with Crippen molar-refractivity contribution >= 4 is 5.78 Å². The second-order valence-electron chi connectivity index (χ2n) is 10.4. The predicted octanol–water partition coefficient (Wildman–Crippen LogP) is 6.26. The van der Waals surface area contributed by atoms with Crippen LogP contribution in [0.25, 0.3) is 0 Å². The van der Waals surface area contributed by atoms with Gasteiger partial charge in [-0.15, -0.1) is 0 Å². The van der Waals surface area contributed by atoms with Crippen molar-refractivity contribution in [1.29, 1.82) is 0 Å². The summed E-state index contributed by atoms with van der Waals surface area (Å²) in [5.74, 6) is 4.78. The highest BCUT2D eigenvalue weighted by Gasteiger charge is 2.58. The van der Waals surface area contributed by atoms with Gasteiger partial charge in [-0.05, 0) is 90.7 Å². The Labute approximate surface area is 159 Å². The van der Waals surface area contributed by atoms with Gasteiger partial charge in [0.15, 0.2) is 0 Å². The number of fused-ring (bicyclic) bond motifs is 5. The van der Waals surface area contributed by atoms with Crippen molar-refractivity contribution in [2.75, 3.05) is 0 Å². The molecule has 1 aromatic rings. The largest absolute Gasteiger partial charge is 0.299 e. The van der Waals surface area contributed by atoms with Crippen LogP contribution in [0.5, 0.6) is 0 Å². The van der Waals surface area contributed by atoms with E-state index in [0.717, 1.165) is 31.1 Å². The Morgan fingerprint density at radius 3 is 2.58 bits per heavy atom. The van der Waals surface area contributed by atoms with E-state index in [2.05, 4.69) is 39.0 Å². The molecule has 3 fully saturated rings. The molecule has 0 heterocycles. The molecule has 0 amide bonds. The normalized spacial score (nSPS) is 39.3. The number of ketones is 1. The van der Waals surface area contributed by atoms with Gasteiger partial charge >= 0.3 is 0 Å². The van der Waals surface area contributed by atoms with Crippen LogP contribution >= 0.6 is 0 Å². The average molecular weight is 351 g/mol. The number of hydrogen-bond donors (Lipinski definition) is 0. The fourth-order valence-electron chi connectivity index (χ4n) is 7.21. The number of aryl methyl sites for hydroxylation is 1. The number of carbonyl (C=O) groups excluding carboxylic acids is 1. The number of benzene rings is 1. The van der Waals surface area contributed by atoms with Crippen LogP contribution < -0.4 is 0 Å². The Hall–Kier alpha value is -1.11. The molecule has 4 aliphatic rings. The van der Waals surface area contributed by atoms with Gasteiger partial charge in [0.25, 0.3) is 0 Å². The number of carbonyl (C=O) groups is 1. The molecule has 5 rings (SSSR count). The first-order valence-corrected chi connectivity index (χ1v) is 11.1. The number of Topliss-reactive ketones (excluding diaryl/α,β-unsaturated/α-hetero) is 1. The van der Waals surface area contributed by atoms with Gasteiger partial charge in [-0.1, -0.05) is 45.4 Å². The van der Waals surface area contributed by atoms with Crippen LogP contribution in [0.1, 0.15) is 94.2 Å². The minimum absolute atomic E-state index is 0.0283. The summed E-state index contributed by atoms with van der Waals surface area (Å²) >= 11 is 0. The van der Waals surface area contributed by atoms with E-state index in [9.17, 15) is 4.79 Å². The zero-order valence-corrected chi connectivity index (χ0v) is 16.8. The molecule has 0 spiro atoms. The third-order valence-corrected chi connectivity index (χ3v) is 8.94. The van der Waals surface area contributed by atoms with E-state index in [1.54, 1.807) is 16.7 Å². The highest BCUT2D eigenvalue weighted by atomic mass is 16.1. The monoisotopic (exact) mass is 350 g/mol. The smallest absolute Gasteiger partial charge is 0.139 e. The molecule has 4 aliphatic carbocycles. The Morgan fingerprint density at radius 2 is 1.88 bits per heavy atom. The van der Waals surface area contributed by atoms with Crippen LogP contribution in [0.4, 0.5) is 0 Å². The minimum atomic E-state index is -0.0283. The average Bonchev–Trinajstić information content (AvgIpc) is 2.87.